The first-order chi connectivity index (χ1) is 6.06. The Labute approximate surface area is 88.8 Å². The molecule has 0 aliphatic rings. The van der Waals surface area contributed by atoms with Crippen molar-refractivity contribution in [2.75, 3.05) is 12.8 Å². The van der Waals surface area contributed by atoms with E-state index in [0.29, 0.717) is 20.6 Å². The van der Waals surface area contributed by atoms with E-state index < -0.39 is 11.0 Å². The van der Waals surface area contributed by atoms with Crippen LogP contribution in [0.1, 0.15) is 0 Å². The molecule has 0 aliphatic carbocycles. The number of nitrogens with two attached hydrogens (primary N) is 1. The maximum Gasteiger partial charge on any atom is 0.126 e. The number of nitrogen functional groups attached to an aromatic ring is 1. The van der Waals surface area contributed by atoms with Crippen molar-refractivity contribution in [1.29, 1.82) is 0 Å². The molecule has 1 rings (SSSR count). The van der Waals surface area contributed by atoms with Gasteiger partial charge in [-0.1, -0.05) is 23.2 Å². The molecule has 1 aromatic rings. The molecule has 0 bridgehead atoms. The van der Waals surface area contributed by atoms with Gasteiger partial charge in [-0.25, -0.2) is 8.93 Å². The van der Waals surface area contributed by atoms with E-state index in [1.807, 2.05) is 0 Å². The van der Waals surface area contributed by atoms with Gasteiger partial charge in [0.15, 0.2) is 0 Å². The number of nitrogens with one attached hydrogen (secondary N) is 1. The summed E-state index contributed by atoms with van der Waals surface area (Å²) in [6.07, 6.45) is 0. The Bertz CT molecular complexity index is 357. The van der Waals surface area contributed by atoms with Crippen LogP contribution in [0.3, 0.4) is 0 Å². The highest BCUT2D eigenvalue weighted by Gasteiger charge is 2.09. The maximum absolute atomic E-state index is 11.3. The average molecular weight is 239 g/mol. The van der Waals surface area contributed by atoms with Gasteiger partial charge >= 0.3 is 0 Å². The van der Waals surface area contributed by atoms with Crippen molar-refractivity contribution in [3.8, 4) is 0 Å². The lowest BCUT2D eigenvalue weighted by molar-refractivity contribution is 0.678. The SMILES string of the molecule is CNS(=O)c1cc(Cl)c(Cl)cc1N. The highest BCUT2D eigenvalue weighted by atomic mass is 35.5. The average Bonchev–Trinajstić information content (AvgIpc) is 2.10. The van der Waals surface area contributed by atoms with Crippen LogP contribution in [0.15, 0.2) is 17.0 Å². The number of hydrogen-bond donors (Lipinski definition) is 2. The highest BCUT2D eigenvalue weighted by Crippen LogP contribution is 2.28. The standard InChI is InChI=1S/C7H8Cl2N2OS/c1-11-13(12)7-3-5(9)4(8)2-6(7)10/h2-3,11H,10H2,1H3. The molecule has 0 aliphatic heterocycles. The number of rotatable bonds is 2. The molecule has 0 fully saturated rings. The lowest BCUT2D eigenvalue weighted by Gasteiger charge is -2.05. The van der Waals surface area contributed by atoms with E-state index in [1.54, 1.807) is 7.05 Å². The fraction of sp³-hybridized carbons (Fsp3) is 0.143. The summed E-state index contributed by atoms with van der Waals surface area (Å²) >= 11 is 11.4. The monoisotopic (exact) mass is 238 g/mol. The van der Waals surface area contributed by atoms with Crippen LogP contribution in [0.2, 0.25) is 10.0 Å². The molecule has 72 valence electrons. The fourth-order valence-electron chi connectivity index (χ4n) is 0.814. The van der Waals surface area contributed by atoms with E-state index in [9.17, 15) is 4.21 Å². The minimum absolute atomic E-state index is 0.342. The smallest absolute Gasteiger partial charge is 0.126 e. The second-order valence-electron chi connectivity index (χ2n) is 2.28. The van der Waals surface area contributed by atoms with E-state index in [2.05, 4.69) is 4.72 Å². The zero-order valence-electron chi connectivity index (χ0n) is 6.80. The Hall–Kier alpha value is -0.290. The summed E-state index contributed by atoms with van der Waals surface area (Å²) in [4.78, 5) is 0.442. The fourth-order valence-corrected chi connectivity index (χ4v) is 1.93. The molecule has 1 unspecified atom stereocenters. The molecule has 3 N–H and O–H groups in total. The summed E-state index contributed by atoms with van der Waals surface area (Å²) in [5.74, 6) is 0. The third kappa shape index (κ3) is 2.34. The van der Waals surface area contributed by atoms with Gasteiger partial charge in [-0.15, -0.1) is 0 Å². The van der Waals surface area contributed by atoms with Crippen molar-refractivity contribution in [3.05, 3.63) is 22.2 Å². The van der Waals surface area contributed by atoms with Gasteiger partial charge in [0.05, 0.1) is 20.6 Å². The van der Waals surface area contributed by atoms with Gasteiger partial charge < -0.3 is 5.73 Å². The second-order valence-corrected chi connectivity index (χ2v) is 4.48. The first kappa shape index (κ1) is 10.8. The van der Waals surface area contributed by atoms with Gasteiger partial charge in [0, 0.05) is 0 Å². The molecular weight excluding hydrogens is 231 g/mol. The van der Waals surface area contributed by atoms with E-state index in [0.717, 1.165) is 0 Å². The number of anilines is 1. The third-order valence-electron chi connectivity index (χ3n) is 1.44. The number of halogens is 2. The largest absolute Gasteiger partial charge is 0.398 e. The van der Waals surface area contributed by atoms with Crippen LogP contribution in [0.25, 0.3) is 0 Å². The van der Waals surface area contributed by atoms with Crippen molar-refractivity contribution in [2.24, 2.45) is 0 Å². The molecule has 0 amide bonds. The molecule has 3 nitrogen and oxygen atoms in total. The zero-order chi connectivity index (χ0) is 10.0. The van der Waals surface area contributed by atoms with Gasteiger partial charge in [0.1, 0.15) is 11.0 Å². The maximum atomic E-state index is 11.3. The summed E-state index contributed by atoms with van der Waals surface area (Å²) in [5, 5.41) is 0.700. The van der Waals surface area contributed by atoms with Crippen LogP contribution in [-0.4, -0.2) is 11.3 Å². The predicted molar refractivity (Wildman–Crippen MR) is 56.3 cm³/mol. The Morgan fingerprint density at radius 2 is 1.92 bits per heavy atom. The lowest BCUT2D eigenvalue weighted by atomic mass is 10.3. The molecule has 1 atom stereocenters. The molecule has 0 aromatic heterocycles. The molecule has 0 heterocycles. The van der Waals surface area contributed by atoms with Crippen LogP contribution in [0.4, 0.5) is 5.69 Å². The molecule has 0 spiro atoms. The van der Waals surface area contributed by atoms with Gasteiger partial charge in [-0.05, 0) is 19.2 Å². The van der Waals surface area contributed by atoms with E-state index in [4.69, 9.17) is 28.9 Å². The van der Waals surface area contributed by atoms with Gasteiger partial charge in [-0.2, -0.15) is 0 Å². The molecule has 0 saturated carbocycles. The van der Waals surface area contributed by atoms with E-state index in [1.165, 1.54) is 12.1 Å². The van der Waals surface area contributed by atoms with Crippen molar-refractivity contribution < 1.29 is 4.21 Å². The van der Waals surface area contributed by atoms with Crippen molar-refractivity contribution >= 4 is 39.9 Å². The Morgan fingerprint density at radius 1 is 1.38 bits per heavy atom. The van der Waals surface area contributed by atoms with Gasteiger partial charge in [-0.3, -0.25) is 0 Å². The Kier molecular flexibility index (Phi) is 3.55. The molecule has 1 aromatic carbocycles. The minimum atomic E-state index is -1.34. The van der Waals surface area contributed by atoms with Crippen molar-refractivity contribution in [1.82, 2.24) is 4.72 Å². The highest BCUT2D eigenvalue weighted by molar-refractivity contribution is 7.83. The quantitative estimate of drug-likeness (QED) is 0.773. The number of benzene rings is 1. The molecule has 0 saturated heterocycles. The summed E-state index contributed by atoms with van der Waals surface area (Å²) in [7, 11) is 0.229. The van der Waals surface area contributed by atoms with Crippen LogP contribution < -0.4 is 10.5 Å². The van der Waals surface area contributed by atoms with Crippen LogP contribution in [-0.2, 0) is 11.0 Å². The van der Waals surface area contributed by atoms with Crippen LogP contribution in [0.5, 0.6) is 0 Å². The normalized spacial score (nSPS) is 12.8. The van der Waals surface area contributed by atoms with Gasteiger partial charge in [0.2, 0.25) is 0 Å². The summed E-state index contributed by atoms with van der Waals surface area (Å²) in [6, 6.07) is 2.97. The third-order valence-corrected chi connectivity index (χ3v) is 3.28. The minimum Gasteiger partial charge on any atom is -0.398 e. The van der Waals surface area contributed by atoms with Crippen molar-refractivity contribution in [3.63, 3.8) is 0 Å². The predicted octanol–water partition coefficient (Wildman–Crippen LogP) is 1.82. The lowest BCUT2D eigenvalue weighted by Crippen LogP contribution is -2.12. The summed E-state index contributed by atoms with van der Waals surface area (Å²) in [5.41, 5.74) is 5.95. The topological polar surface area (TPSA) is 55.1 Å². The molecular formula is C7H8Cl2N2OS. The zero-order valence-corrected chi connectivity index (χ0v) is 9.13. The summed E-state index contributed by atoms with van der Waals surface area (Å²) in [6.45, 7) is 0. The Balaban J connectivity index is 3.23. The van der Waals surface area contributed by atoms with Gasteiger partial charge in [0.25, 0.3) is 0 Å². The first-order valence-electron chi connectivity index (χ1n) is 3.40. The molecule has 6 heteroatoms. The van der Waals surface area contributed by atoms with Crippen molar-refractivity contribution in [2.45, 2.75) is 4.90 Å². The number of hydrogen-bond acceptors (Lipinski definition) is 2. The van der Waals surface area contributed by atoms with E-state index >= 15 is 0 Å². The molecule has 0 radical (unpaired) electrons. The summed E-state index contributed by atoms with van der Waals surface area (Å²) < 4.78 is 13.9. The van der Waals surface area contributed by atoms with E-state index in [-0.39, 0.29) is 0 Å². The second kappa shape index (κ2) is 4.28. The Morgan fingerprint density at radius 3 is 2.46 bits per heavy atom. The molecule has 13 heavy (non-hydrogen) atoms. The first-order valence-corrected chi connectivity index (χ1v) is 5.30. The van der Waals surface area contributed by atoms with Crippen LogP contribution in [0, 0.1) is 0 Å². The van der Waals surface area contributed by atoms with Crippen LogP contribution >= 0.6 is 23.2 Å².